The number of pyridine rings is 1. The van der Waals surface area contributed by atoms with Gasteiger partial charge in [0.05, 0.1) is 11.2 Å². The van der Waals surface area contributed by atoms with E-state index in [9.17, 15) is 15.2 Å². The fourth-order valence-corrected chi connectivity index (χ4v) is 3.62. The Morgan fingerprint density at radius 1 is 1.23 bits per heavy atom. The number of carboxylic acid groups (broad SMARTS) is 1. The third kappa shape index (κ3) is 3.86. The number of anilines is 2. The molecule has 0 bridgehead atoms. The van der Waals surface area contributed by atoms with E-state index < -0.39 is 5.97 Å². The van der Waals surface area contributed by atoms with Gasteiger partial charge in [0.1, 0.15) is 23.2 Å². The molecule has 0 aliphatic heterocycles. The molecule has 0 radical (unpaired) electrons. The molecule has 0 atom stereocenters. The molecular weight excluding hydrogens is 348 g/mol. The molecule has 0 saturated carbocycles. The van der Waals surface area contributed by atoms with Crippen molar-refractivity contribution in [2.45, 2.75) is 25.8 Å². The zero-order valence-corrected chi connectivity index (χ0v) is 16.4. The first-order chi connectivity index (χ1) is 12.5. The number of thioether (sulfide) groups is 1. The number of carboxylic acids is 1. The maximum absolute atomic E-state index is 11.3. The quantitative estimate of drug-likeness (QED) is 0.709. The van der Waals surface area contributed by atoms with Crippen LogP contribution in [0.15, 0.2) is 23.2 Å². The molecule has 0 aliphatic rings. The maximum atomic E-state index is 11.3. The Morgan fingerprint density at radius 3 is 2.38 bits per heavy atom. The van der Waals surface area contributed by atoms with Gasteiger partial charge in [-0.05, 0) is 45.2 Å². The van der Waals surface area contributed by atoms with Crippen LogP contribution in [-0.4, -0.2) is 48.5 Å². The van der Waals surface area contributed by atoms with E-state index in [-0.39, 0.29) is 6.54 Å². The smallest absolute Gasteiger partial charge is 0.323 e. The average molecular weight is 372 g/mol. The van der Waals surface area contributed by atoms with E-state index in [1.807, 2.05) is 31.4 Å². The van der Waals surface area contributed by atoms with Gasteiger partial charge in [0, 0.05) is 30.7 Å². The van der Waals surface area contributed by atoms with Crippen LogP contribution in [0.5, 0.6) is 0 Å². The van der Waals surface area contributed by atoms with Gasteiger partial charge in [0.25, 0.3) is 0 Å². The normalized spacial score (nSPS) is 10.6. The van der Waals surface area contributed by atoms with Crippen LogP contribution in [0.2, 0.25) is 0 Å². The van der Waals surface area contributed by atoms with Crippen molar-refractivity contribution in [3.05, 3.63) is 23.8 Å². The predicted octanol–water partition coefficient (Wildman–Crippen LogP) is 3.59. The highest BCUT2D eigenvalue weighted by Crippen LogP contribution is 2.36. The topological polar surface area (TPSA) is 80.5 Å². The van der Waals surface area contributed by atoms with E-state index in [0.717, 1.165) is 29.7 Å². The van der Waals surface area contributed by atoms with Crippen molar-refractivity contribution in [1.29, 1.82) is 5.26 Å². The number of hydrogen-bond acceptors (Lipinski definition) is 6. The number of likely N-dealkylation sites (N-methyl/N-ethyl adjacent to an activating group) is 1. The lowest BCUT2D eigenvalue weighted by Crippen LogP contribution is -2.30. The van der Waals surface area contributed by atoms with Crippen molar-refractivity contribution in [2.24, 2.45) is 0 Å². The molecule has 0 spiro atoms. The van der Waals surface area contributed by atoms with E-state index in [2.05, 4.69) is 29.8 Å². The standard InChI is InChI=1S/C19H24N4O2S/c1-5-22(6-2)13-8-9-16-14(10-13)18(23(7-3)12-17(24)25)15(11-20)19(21-16)26-4/h8-10H,5-7,12H2,1-4H3,(H,24,25). The first-order valence-corrected chi connectivity index (χ1v) is 9.86. The van der Waals surface area contributed by atoms with Crippen LogP contribution in [0.3, 0.4) is 0 Å². The fourth-order valence-electron chi connectivity index (χ4n) is 3.09. The van der Waals surface area contributed by atoms with E-state index in [1.54, 1.807) is 4.90 Å². The zero-order chi connectivity index (χ0) is 19.3. The lowest BCUT2D eigenvalue weighted by molar-refractivity contribution is -0.135. The minimum Gasteiger partial charge on any atom is -0.480 e. The van der Waals surface area contributed by atoms with Crippen molar-refractivity contribution in [3.63, 3.8) is 0 Å². The highest BCUT2D eigenvalue weighted by molar-refractivity contribution is 7.98. The van der Waals surface area contributed by atoms with Crippen LogP contribution in [-0.2, 0) is 4.79 Å². The molecule has 0 unspecified atom stereocenters. The summed E-state index contributed by atoms with van der Waals surface area (Å²) in [4.78, 5) is 19.9. The summed E-state index contributed by atoms with van der Waals surface area (Å²) < 4.78 is 0. The molecule has 1 aromatic heterocycles. The lowest BCUT2D eigenvalue weighted by atomic mass is 10.1. The van der Waals surface area contributed by atoms with Crippen molar-refractivity contribution in [1.82, 2.24) is 4.98 Å². The van der Waals surface area contributed by atoms with Crippen molar-refractivity contribution >= 4 is 40.0 Å². The predicted molar refractivity (Wildman–Crippen MR) is 107 cm³/mol. The molecule has 1 heterocycles. The molecular formula is C19H24N4O2S. The van der Waals surface area contributed by atoms with Crippen LogP contribution in [0, 0.1) is 11.3 Å². The summed E-state index contributed by atoms with van der Waals surface area (Å²) in [6.07, 6.45) is 1.87. The third-order valence-electron chi connectivity index (χ3n) is 4.37. The first-order valence-electron chi connectivity index (χ1n) is 8.64. The molecule has 2 aromatic rings. The average Bonchev–Trinajstić information content (AvgIpc) is 2.65. The van der Waals surface area contributed by atoms with Gasteiger partial charge in [-0.15, -0.1) is 11.8 Å². The van der Waals surface area contributed by atoms with Gasteiger partial charge < -0.3 is 14.9 Å². The molecule has 26 heavy (non-hydrogen) atoms. The molecule has 6 nitrogen and oxygen atoms in total. The lowest BCUT2D eigenvalue weighted by Gasteiger charge is -2.26. The summed E-state index contributed by atoms with van der Waals surface area (Å²) in [5.41, 5.74) is 2.89. The number of rotatable bonds is 8. The van der Waals surface area contributed by atoms with E-state index in [4.69, 9.17) is 0 Å². The minimum absolute atomic E-state index is 0.159. The summed E-state index contributed by atoms with van der Waals surface area (Å²) in [5, 5.41) is 20.5. The largest absolute Gasteiger partial charge is 0.480 e. The van der Waals surface area contributed by atoms with Gasteiger partial charge >= 0.3 is 5.97 Å². The third-order valence-corrected chi connectivity index (χ3v) is 5.05. The number of fused-ring (bicyclic) bond motifs is 1. The minimum atomic E-state index is -0.925. The van der Waals surface area contributed by atoms with Gasteiger partial charge in [0.2, 0.25) is 0 Å². The Hall–Kier alpha value is -2.46. The Balaban J connectivity index is 2.83. The number of nitrogens with zero attached hydrogens (tertiary/aromatic N) is 4. The Morgan fingerprint density at radius 2 is 1.88 bits per heavy atom. The van der Waals surface area contributed by atoms with Crippen LogP contribution in [0.4, 0.5) is 11.4 Å². The molecule has 7 heteroatoms. The summed E-state index contributed by atoms with van der Waals surface area (Å²) in [5.74, 6) is -0.925. The van der Waals surface area contributed by atoms with E-state index in [0.29, 0.717) is 22.8 Å². The molecule has 0 aliphatic carbocycles. The zero-order valence-electron chi connectivity index (χ0n) is 15.6. The van der Waals surface area contributed by atoms with Gasteiger partial charge in [-0.2, -0.15) is 5.26 Å². The fraction of sp³-hybridized carbons (Fsp3) is 0.421. The molecule has 2 rings (SSSR count). The molecule has 138 valence electrons. The summed E-state index contributed by atoms with van der Waals surface area (Å²) in [7, 11) is 0. The van der Waals surface area contributed by atoms with E-state index >= 15 is 0 Å². The molecule has 0 fully saturated rings. The molecule has 1 N–H and O–H groups in total. The highest BCUT2D eigenvalue weighted by atomic mass is 32.2. The molecule has 0 saturated heterocycles. The van der Waals surface area contributed by atoms with Crippen LogP contribution >= 0.6 is 11.8 Å². The highest BCUT2D eigenvalue weighted by Gasteiger charge is 2.21. The number of aliphatic carboxylic acids is 1. The van der Waals surface area contributed by atoms with Crippen LogP contribution in [0.25, 0.3) is 10.9 Å². The van der Waals surface area contributed by atoms with Crippen molar-refractivity contribution < 1.29 is 9.90 Å². The van der Waals surface area contributed by atoms with Crippen molar-refractivity contribution in [2.75, 3.05) is 42.2 Å². The molecule has 0 amide bonds. The maximum Gasteiger partial charge on any atom is 0.323 e. The summed E-state index contributed by atoms with van der Waals surface area (Å²) >= 11 is 1.40. The SMILES string of the molecule is CCN(CC)c1ccc2nc(SC)c(C#N)c(N(CC)CC(=O)O)c2c1. The first kappa shape index (κ1) is 19.9. The Labute approximate surface area is 158 Å². The molecule has 1 aromatic carbocycles. The number of carbonyl (C=O) groups is 1. The number of nitriles is 1. The number of benzene rings is 1. The second-order valence-electron chi connectivity index (χ2n) is 5.74. The van der Waals surface area contributed by atoms with E-state index in [1.165, 1.54) is 11.8 Å². The summed E-state index contributed by atoms with van der Waals surface area (Å²) in [6.45, 7) is 8.14. The second kappa shape index (κ2) is 8.77. The van der Waals surface area contributed by atoms with Gasteiger partial charge in [-0.25, -0.2) is 4.98 Å². The van der Waals surface area contributed by atoms with Gasteiger partial charge in [0.15, 0.2) is 0 Å². The van der Waals surface area contributed by atoms with Crippen molar-refractivity contribution in [3.8, 4) is 6.07 Å². The second-order valence-corrected chi connectivity index (χ2v) is 6.53. The van der Waals surface area contributed by atoms with Crippen LogP contribution < -0.4 is 9.80 Å². The number of hydrogen-bond donors (Lipinski definition) is 1. The van der Waals surface area contributed by atoms with Crippen LogP contribution in [0.1, 0.15) is 26.3 Å². The van der Waals surface area contributed by atoms with Gasteiger partial charge in [-0.3, -0.25) is 4.79 Å². The Kier molecular flexibility index (Phi) is 6.70. The monoisotopic (exact) mass is 372 g/mol. The van der Waals surface area contributed by atoms with Gasteiger partial charge in [-0.1, -0.05) is 0 Å². The Bertz CT molecular complexity index is 844. The summed E-state index contributed by atoms with van der Waals surface area (Å²) in [6, 6.07) is 8.22. The number of aromatic nitrogens is 1.